The first-order chi connectivity index (χ1) is 11.5. The molecule has 1 atom stereocenters. The first kappa shape index (κ1) is 19.0. The van der Waals surface area contributed by atoms with Gasteiger partial charge in [-0.1, -0.05) is 26.0 Å². The summed E-state index contributed by atoms with van der Waals surface area (Å²) in [5.41, 5.74) is 1.08. The van der Waals surface area contributed by atoms with E-state index in [9.17, 15) is 5.11 Å². The first-order valence-electron chi connectivity index (χ1n) is 8.74. The molecule has 0 radical (unpaired) electrons. The number of benzene rings is 1. The van der Waals surface area contributed by atoms with Gasteiger partial charge in [0.25, 0.3) is 0 Å². The second kappa shape index (κ2) is 9.25. The number of methoxy groups -OCH3 is 2. The van der Waals surface area contributed by atoms with Crippen molar-refractivity contribution in [3.05, 3.63) is 23.8 Å². The zero-order chi connectivity index (χ0) is 17.5. The van der Waals surface area contributed by atoms with E-state index in [1.54, 1.807) is 14.2 Å². The van der Waals surface area contributed by atoms with Crippen LogP contribution in [0.1, 0.15) is 32.3 Å². The molecule has 1 unspecified atom stereocenters. The Morgan fingerprint density at radius 1 is 1.17 bits per heavy atom. The number of ether oxygens (including phenoxy) is 3. The molecule has 5 nitrogen and oxygen atoms in total. The zero-order valence-corrected chi connectivity index (χ0v) is 15.3. The van der Waals surface area contributed by atoms with Crippen LogP contribution in [0.4, 0.5) is 0 Å². The Kier molecular flexibility index (Phi) is 7.34. The fraction of sp³-hybridized carbons (Fsp3) is 0.684. The molecule has 0 bridgehead atoms. The number of nitrogens with zero attached hydrogens (tertiary/aromatic N) is 1. The minimum Gasteiger partial charge on any atom is -0.493 e. The summed E-state index contributed by atoms with van der Waals surface area (Å²) < 4.78 is 16.5. The van der Waals surface area contributed by atoms with E-state index in [1.165, 1.54) is 12.8 Å². The molecule has 0 spiro atoms. The van der Waals surface area contributed by atoms with Crippen LogP contribution in [0.15, 0.2) is 18.2 Å². The Bertz CT molecular complexity index is 502. The van der Waals surface area contributed by atoms with Gasteiger partial charge < -0.3 is 19.3 Å². The molecule has 1 saturated carbocycles. The lowest BCUT2D eigenvalue weighted by Gasteiger charge is -2.26. The van der Waals surface area contributed by atoms with E-state index in [0.29, 0.717) is 31.7 Å². The Hall–Kier alpha value is -1.30. The molecule has 0 heterocycles. The summed E-state index contributed by atoms with van der Waals surface area (Å²) in [5, 5.41) is 10.3. The van der Waals surface area contributed by atoms with Crippen molar-refractivity contribution in [2.75, 3.05) is 34.0 Å². The van der Waals surface area contributed by atoms with Gasteiger partial charge in [0.05, 0.1) is 26.9 Å². The fourth-order valence-corrected chi connectivity index (χ4v) is 2.84. The second-order valence-corrected chi connectivity index (χ2v) is 6.90. The summed E-state index contributed by atoms with van der Waals surface area (Å²) in [7, 11) is 3.31. The van der Waals surface area contributed by atoms with Crippen molar-refractivity contribution in [3.63, 3.8) is 0 Å². The van der Waals surface area contributed by atoms with E-state index in [1.807, 2.05) is 12.1 Å². The summed E-state index contributed by atoms with van der Waals surface area (Å²) in [6.45, 7) is 6.64. The van der Waals surface area contributed by atoms with Gasteiger partial charge in [0.1, 0.15) is 0 Å². The Morgan fingerprint density at radius 3 is 2.50 bits per heavy atom. The summed E-state index contributed by atoms with van der Waals surface area (Å²) in [4.78, 5) is 2.32. The Balaban J connectivity index is 1.97. The molecule has 1 N–H and O–H groups in total. The van der Waals surface area contributed by atoms with Crippen molar-refractivity contribution in [2.45, 2.75) is 45.4 Å². The van der Waals surface area contributed by atoms with Gasteiger partial charge in [0.15, 0.2) is 11.5 Å². The summed E-state index contributed by atoms with van der Waals surface area (Å²) >= 11 is 0. The first-order valence-corrected chi connectivity index (χ1v) is 8.74. The van der Waals surface area contributed by atoms with Crippen molar-refractivity contribution in [1.82, 2.24) is 4.90 Å². The minimum atomic E-state index is -0.471. The fourth-order valence-electron chi connectivity index (χ4n) is 2.84. The highest BCUT2D eigenvalue weighted by Crippen LogP contribution is 2.34. The van der Waals surface area contributed by atoms with Crippen LogP contribution in [0.5, 0.6) is 11.5 Å². The predicted octanol–water partition coefficient (Wildman–Crippen LogP) is 2.70. The number of aliphatic hydroxyl groups is 1. The highest BCUT2D eigenvalue weighted by Gasteiger charge is 2.31. The van der Waals surface area contributed by atoms with E-state index < -0.39 is 6.10 Å². The molecule has 0 saturated heterocycles. The number of para-hydroxylation sites is 1. The van der Waals surface area contributed by atoms with Gasteiger partial charge in [-0.05, 0) is 24.8 Å². The third-order valence-corrected chi connectivity index (χ3v) is 4.13. The van der Waals surface area contributed by atoms with Crippen molar-refractivity contribution in [2.24, 2.45) is 5.92 Å². The molecule has 0 aromatic heterocycles. The van der Waals surface area contributed by atoms with Crippen LogP contribution in [0.25, 0.3) is 0 Å². The Labute approximate surface area is 145 Å². The van der Waals surface area contributed by atoms with Crippen molar-refractivity contribution < 1.29 is 19.3 Å². The van der Waals surface area contributed by atoms with Crippen LogP contribution in [0.2, 0.25) is 0 Å². The topological polar surface area (TPSA) is 51.2 Å². The quantitative estimate of drug-likeness (QED) is 0.673. The highest BCUT2D eigenvalue weighted by molar-refractivity contribution is 5.46. The molecule has 1 aromatic carbocycles. The maximum Gasteiger partial charge on any atom is 0.165 e. The van der Waals surface area contributed by atoms with E-state index in [0.717, 1.165) is 23.6 Å². The van der Waals surface area contributed by atoms with Crippen molar-refractivity contribution in [3.8, 4) is 11.5 Å². The number of rotatable bonds is 11. The zero-order valence-electron chi connectivity index (χ0n) is 15.3. The molecule has 1 fully saturated rings. The molecule has 0 aliphatic heterocycles. The average Bonchev–Trinajstić information content (AvgIpc) is 3.38. The van der Waals surface area contributed by atoms with Gasteiger partial charge in [0, 0.05) is 31.3 Å². The normalized spacial score (nSPS) is 15.8. The smallest absolute Gasteiger partial charge is 0.165 e. The molecule has 2 rings (SSSR count). The highest BCUT2D eigenvalue weighted by atomic mass is 16.5. The average molecular weight is 337 g/mol. The van der Waals surface area contributed by atoms with Crippen LogP contribution in [0, 0.1) is 5.92 Å². The molecule has 136 valence electrons. The predicted molar refractivity (Wildman–Crippen MR) is 94.6 cm³/mol. The number of hydrogen-bond donors (Lipinski definition) is 1. The maximum absolute atomic E-state index is 10.3. The van der Waals surface area contributed by atoms with Gasteiger partial charge >= 0.3 is 0 Å². The third-order valence-electron chi connectivity index (χ3n) is 4.13. The molecule has 1 aliphatic rings. The summed E-state index contributed by atoms with van der Waals surface area (Å²) in [5.74, 6) is 2.00. The maximum atomic E-state index is 10.3. The molecule has 24 heavy (non-hydrogen) atoms. The minimum absolute atomic E-state index is 0.386. The molecular formula is C19H31NO4. The lowest BCUT2D eigenvalue weighted by atomic mass is 10.1. The molecule has 0 amide bonds. The van der Waals surface area contributed by atoms with E-state index in [-0.39, 0.29) is 0 Å². The second-order valence-electron chi connectivity index (χ2n) is 6.90. The van der Waals surface area contributed by atoms with Crippen molar-refractivity contribution >= 4 is 0 Å². The van der Waals surface area contributed by atoms with E-state index in [4.69, 9.17) is 14.2 Å². The molecule has 1 aromatic rings. The van der Waals surface area contributed by atoms with Gasteiger partial charge in [-0.15, -0.1) is 0 Å². The van der Waals surface area contributed by atoms with Crippen LogP contribution >= 0.6 is 0 Å². The van der Waals surface area contributed by atoms with Crippen LogP contribution in [0.3, 0.4) is 0 Å². The van der Waals surface area contributed by atoms with Gasteiger partial charge in [-0.25, -0.2) is 0 Å². The molecule has 5 heteroatoms. The SMILES string of the molecule is COc1cccc(CN(CC(O)COCC(C)C)C2CC2)c1OC. The lowest BCUT2D eigenvalue weighted by Crippen LogP contribution is -2.36. The van der Waals surface area contributed by atoms with Gasteiger partial charge in [-0.2, -0.15) is 0 Å². The number of aliphatic hydroxyl groups excluding tert-OH is 1. The van der Waals surface area contributed by atoms with Gasteiger partial charge in [0.2, 0.25) is 0 Å². The lowest BCUT2D eigenvalue weighted by molar-refractivity contribution is 0.00537. The summed E-state index contributed by atoms with van der Waals surface area (Å²) in [6, 6.07) is 6.47. The van der Waals surface area contributed by atoms with E-state index >= 15 is 0 Å². The van der Waals surface area contributed by atoms with Gasteiger partial charge in [-0.3, -0.25) is 4.90 Å². The van der Waals surface area contributed by atoms with Crippen LogP contribution in [-0.2, 0) is 11.3 Å². The summed E-state index contributed by atoms with van der Waals surface area (Å²) in [6.07, 6.45) is 1.90. The number of hydrogen-bond acceptors (Lipinski definition) is 5. The van der Waals surface area contributed by atoms with Crippen LogP contribution < -0.4 is 9.47 Å². The third kappa shape index (κ3) is 5.65. The molecular weight excluding hydrogens is 306 g/mol. The van der Waals surface area contributed by atoms with E-state index in [2.05, 4.69) is 24.8 Å². The monoisotopic (exact) mass is 337 g/mol. The molecule has 1 aliphatic carbocycles. The van der Waals surface area contributed by atoms with Crippen molar-refractivity contribution in [1.29, 1.82) is 0 Å². The standard InChI is InChI=1S/C19H31NO4/c1-14(2)12-24-13-17(21)11-20(16-8-9-16)10-15-6-5-7-18(22-3)19(15)23-4/h5-7,14,16-17,21H,8-13H2,1-4H3. The van der Waals surface area contributed by atoms with Crippen LogP contribution in [-0.4, -0.2) is 56.1 Å². The Morgan fingerprint density at radius 2 is 1.92 bits per heavy atom. The largest absolute Gasteiger partial charge is 0.493 e.